The number of aromatic nitrogens is 3. The van der Waals surface area contributed by atoms with Crippen LogP contribution in [0.25, 0.3) is 5.65 Å². The Bertz CT molecular complexity index is 987. The maximum atomic E-state index is 12.7. The number of fused-ring (bicyclic) bond motifs is 1. The lowest BCUT2D eigenvalue weighted by Gasteiger charge is -2.12. The molecule has 0 aliphatic rings. The molecule has 0 aliphatic heterocycles. The monoisotopic (exact) mass is 349 g/mol. The number of anilines is 1. The number of ether oxygens (including phenoxy) is 1. The number of unbranched alkanes of at least 4 members (excludes halogenated alkanes) is 1. The summed E-state index contributed by atoms with van der Waals surface area (Å²) in [6.45, 7) is 2.10. The molecule has 0 bridgehead atoms. The van der Waals surface area contributed by atoms with Crippen LogP contribution in [-0.4, -0.2) is 27.4 Å². The third-order valence-electron chi connectivity index (χ3n) is 4.04. The van der Waals surface area contributed by atoms with E-state index in [1.54, 1.807) is 28.7 Å². The van der Waals surface area contributed by atoms with E-state index in [4.69, 9.17) is 4.74 Å². The molecule has 3 rings (SSSR count). The first-order valence-corrected chi connectivity index (χ1v) is 8.39. The zero-order valence-corrected chi connectivity index (χ0v) is 14.7. The van der Waals surface area contributed by atoms with E-state index in [1.807, 2.05) is 12.1 Å². The van der Waals surface area contributed by atoms with Gasteiger partial charge in [-0.25, -0.2) is 9.97 Å². The number of carbonyl (C=O) groups excluding carboxylic acids is 1. The molecule has 1 N–H and O–H groups in total. The Hall–Kier alpha value is -3.40. The van der Waals surface area contributed by atoms with Crippen LogP contribution in [0.2, 0.25) is 0 Å². The van der Waals surface area contributed by atoms with Crippen LogP contribution in [0.4, 0.5) is 5.82 Å². The summed E-state index contributed by atoms with van der Waals surface area (Å²) in [6, 6.07) is 10.9. The van der Waals surface area contributed by atoms with Crippen LogP contribution in [-0.2, 0) is 6.42 Å². The van der Waals surface area contributed by atoms with Gasteiger partial charge in [0, 0.05) is 11.8 Å². The number of rotatable bonds is 6. The summed E-state index contributed by atoms with van der Waals surface area (Å²) in [5, 5.41) is 12.1. The molecule has 132 valence electrons. The Morgan fingerprint density at radius 3 is 2.92 bits per heavy atom. The predicted octanol–water partition coefficient (Wildman–Crippen LogP) is 3.20. The number of imidazole rings is 1. The van der Waals surface area contributed by atoms with Crippen molar-refractivity contribution >= 4 is 17.4 Å². The van der Waals surface area contributed by atoms with Crippen LogP contribution in [0.15, 0.2) is 36.7 Å². The lowest BCUT2D eigenvalue weighted by molar-refractivity contribution is 0.102. The minimum absolute atomic E-state index is 0.233. The molecule has 2 heterocycles. The summed E-state index contributed by atoms with van der Waals surface area (Å²) < 4.78 is 6.87. The molecule has 7 heteroatoms. The van der Waals surface area contributed by atoms with Gasteiger partial charge in [0.25, 0.3) is 5.91 Å². The Morgan fingerprint density at radius 1 is 1.38 bits per heavy atom. The summed E-state index contributed by atoms with van der Waals surface area (Å²) in [4.78, 5) is 21.3. The smallest absolute Gasteiger partial charge is 0.260 e. The number of aryl methyl sites for hydroxylation is 1. The minimum Gasteiger partial charge on any atom is -0.496 e. The highest BCUT2D eigenvalue weighted by molar-refractivity contribution is 6.06. The second-order valence-electron chi connectivity index (χ2n) is 5.79. The maximum Gasteiger partial charge on any atom is 0.260 e. The quantitative estimate of drug-likeness (QED) is 0.738. The van der Waals surface area contributed by atoms with Gasteiger partial charge in [0.15, 0.2) is 11.3 Å². The Kier molecular flexibility index (Phi) is 5.13. The van der Waals surface area contributed by atoms with Crippen molar-refractivity contribution in [2.75, 3.05) is 12.4 Å². The number of methoxy groups -OCH3 is 1. The first-order valence-electron chi connectivity index (χ1n) is 8.39. The fraction of sp³-hybridized carbons (Fsp3) is 0.263. The molecule has 0 spiro atoms. The molecule has 1 aromatic carbocycles. The number of hydrogen-bond donors (Lipinski definition) is 1. The van der Waals surface area contributed by atoms with Crippen molar-refractivity contribution in [1.29, 1.82) is 5.26 Å². The molecule has 26 heavy (non-hydrogen) atoms. The number of hydrogen-bond acceptors (Lipinski definition) is 5. The molecule has 7 nitrogen and oxygen atoms in total. The van der Waals surface area contributed by atoms with Gasteiger partial charge in [-0.1, -0.05) is 25.5 Å². The van der Waals surface area contributed by atoms with E-state index in [9.17, 15) is 10.1 Å². The van der Waals surface area contributed by atoms with E-state index in [2.05, 4.69) is 22.2 Å². The van der Waals surface area contributed by atoms with Crippen molar-refractivity contribution < 1.29 is 9.53 Å². The van der Waals surface area contributed by atoms with Crippen LogP contribution in [0.3, 0.4) is 0 Å². The molecule has 3 aromatic rings. The van der Waals surface area contributed by atoms with Crippen molar-refractivity contribution in [3.8, 4) is 11.8 Å². The van der Waals surface area contributed by atoms with Gasteiger partial charge in [-0.3, -0.25) is 9.20 Å². The number of benzene rings is 1. The second-order valence-corrected chi connectivity index (χ2v) is 5.79. The van der Waals surface area contributed by atoms with Crippen LogP contribution < -0.4 is 10.1 Å². The average molecular weight is 349 g/mol. The number of nitrogens with zero attached hydrogens (tertiary/aromatic N) is 4. The Balaban J connectivity index is 2.02. The van der Waals surface area contributed by atoms with Gasteiger partial charge in [-0.05, 0) is 25.0 Å². The Labute approximate surface area is 151 Å². The van der Waals surface area contributed by atoms with Crippen LogP contribution in [0, 0.1) is 11.3 Å². The lowest BCUT2D eigenvalue weighted by atomic mass is 10.1. The predicted molar refractivity (Wildman–Crippen MR) is 97.3 cm³/mol. The summed E-state index contributed by atoms with van der Waals surface area (Å²) in [5.74, 6) is 0.708. The first-order chi connectivity index (χ1) is 12.7. The maximum absolute atomic E-state index is 12.7. The number of para-hydroxylation sites is 1. The van der Waals surface area contributed by atoms with Crippen molar-refractivity contribution in [3.05, 3.63) is 53.6 Å². The topological polar surface area (TPSA) is 92.3 Å². The molecule has 0 unspecified atom stereocenters. The Morgan fingerprint density at radius 2 is 2.19 bits per heavy atom. The normalized spacial score (nSPS) is 10.5. The summed E-state index contributed by atoms with van der Waals surface area (Å²) in [7, 11) is 1.52. The number of nitrogens with one attached hydrogen (secondary N) is 1. The van der Waals surface area contributed by atoms with Gasteiger partial charge < -0.3 is 10.1 Å². The summed E-state index contributed by atoms with van der Waals surface area (Å²) in [6.07, 6.45) is 4.25. The van der Waals surface area contributed by atoms with Gasteiger partial charge in [0.2, 0.25) is 0 Å². The van der Waals surface area contributed by atoms with E-state index >= 15 is 0 Å². The van der Waals surface area contributed by atoms with Crippen molar-refractivity contribution in [3.63, 3.8) is 0 Å². The molecular weight excluding hydrogens is 330 g/mol. The molecule has 0 saturated heterocycles. The lowest BCUT2D eigenvalue weighted by Crippen LogP contribution is -2.16. The van der Waals surface area contributed by atoms with Gasteiger partial charge in [-0.15, -0.1) is 0 Å². The fourth-order valence-electron chi connectivity index (χ4n) is 2.70. The molecule has 0 fully saturated rings. The molecule has 0 saturated carbocycles. The number of amides is 1. The van der Waals surface area contributed by atoms with E-state index < -0.39 is 0 Å². The third-order valence-corrected chi connectivity index (χ3v) is 4.04. The van der Waals surface area contributed by atoms with Crippen molar-refractivity contribution in [2.24, 2.45) is 0 Å². The number of nitriles is 1. The van der Waals surface area contributed by atoms with Gasteiger partial charge in [0.05, 0.1) is 12.7 Å². The van der Waals surface area contributed by atoms with E-state index in [-0.39, 0.29) is 11.6 Å². The van der Waals surface area contributed by atoms with E-state index in [1.165, 1.54) is 13.4 Å². The molecule has 1 amide bonds. The molecule has 0 aliphatic carbocycles. The van der Waals surface area contributed by atoms with Crippen LogP contribution in [0.1, 0.15) is 41.5 Å². The van der Waals surface area contributed by atoms with Gasteiger partial charge in [-0.2, -0.15) is 5.26 Å². The highest BCUT2D eigenvalue weighted by Gasteiger charge is 2.16. The second kappa shape index (κ2) is 7.66. The highest BCUT2D eigenvalue weighted by Crippen LogP contribution is 2.21. The average Bonchev–Trinajstić information content (AvgIpc) is 3.09. The van der Waals surface area contributed by atoms with Gasteiger partial charge in [0.1, 0.15) is 24.0 Å². The molecule has 0 radical (unpaired) electrons. The van der Waals surface area contributed by atoms with Crippen LogP contribution >= 0.6 is 0 Å². The van der Waals surface area contributed by atoms with Crippen LogP contribution in [0.5, 0.6) is 5.75 Å². The first kappa shape index (κ1) is 17.4. The summed E-state index contributed by atoms with van der Waals surface area (Å²) >= 11 is 0. The standard InChI is InChI=1S/C19H19N5O2/c1-3-4-7-13-10-17(24-12-21-15(11-20)18(24)22-13)23-19(25)14-8-5-6-9-16(14)26-2/h5-6,8-10,12H,3-4,7H2,1-2H3,(H,23,25). The largest absolute Gasteiger partial charge is 0.496 e. The number of carbonyl (C=O) groups is 1. The third kappa shape index (κ3) is 3.35. The van der Waals surface area contributed by atoms with E-state index in [0.717, 1.165) is 25.0 Å². The SMILES string of the molecule is CCCCc1cc(NC(=O)c2ccccc2OC)n2cnc(C#N)c2n1. The van der Waals surface area contributed by atoms with Crippen molar-refractivity contribution in [2.45, 2.75) is 26.2 Å². The highest BCUT2D eigenvalue weighted by atomic mass is 16.5. The summed E-state index contributed by atoms with van der Waals surface area (Å²) in [5.41, 5.74) is 1.91. The fourth-order valence-corrected chi connectivity index (χ4v) is 2.70. The van der Waals surface area contributed by atoms with E-state index in [0.29, 0.717) is 22.8 Å². The zero-order valence-electron chi connectivity index (χ0n) is 14.7. The molecule has 2 aromatic heterocycles. The van der Waals surface area contributed by atoms with Crippen molar-refractivity contribution in [1.82, 2.24) is 14.4 Å². The zero-order chi connectivity index (χ0) is 18.5. The molecule has 0 atom stereocenters. The minimum atomic E-state index is -0.302. The van der Waals surface area contributed by atoms with Gasteiger partial charge >= 0.3 is 0 Å². The molecular formula is C19H19N5O2.